The standard InChI is InChI=1S/C19H19FN2O2/c1-2-7-17(18(23)21-16-11-6-5-10-15(16)20)22-12-13-8-3-4-9-14(13)19(22)24/h3-6,8-11,17H,2,7,12H2,1H3,(H,21,23). The van der Waals surface area contributed by atoms with Crippen LogP contribution in [0.5, 0.6) is 0 Å². The number of benzene rings is 2. The maximum Gasteiger partial charge on any atom is 0.255 e. The highest BCUT2D eigenvalue weighted by Gasteiger charge is 2.35. The van der Waals surface area contributed by atoms with Crippen molar-refractivity contribution in [3.05, 3.63) is 65.5 Å². The van der Waals surface area contributed by atoms with Crippen LogP contribution in [0.2, 0.25) is 0 Å². The summed E-state index contributed by atoms with van der Waals surface area (Å²) < 4.78 is 13.8. The zero-order chi connectivity index (χ0) is 17.1. The third kappa shape index (κ3) is 3.02. The van der Waals surface area contributed by atoms with Gasteiger partial charge in [0.1, 0.15) is 11.9 Å². The van der Waals surface area contributed by atoms with Crippen LogP contribution in [0.4, 0.5) is 10.1 Å². The summed E-state index contributed by atoms with van der Waals surface area (Å²) >= 11 is 0. The Labute approximate surface area is 140 Å². The van der Waals surface area contributed by atoms with Gasteiger partial charge in [0, 0.05) is 12.1 Å². The quantitative estimate of drug-likeness (QED) is 0.913. The molecule has 5 heteroatoms. The minimum atomic E-state index is -0.616. The molecule has 0 fully saturated rings. The molecule has 2 aromatic rings. The Morgan fingerprint density at radius 2 is 1.92 bits per heavy atom. The molecule has 0 saturated carbocycles. The molecular formula is C19H19FN2O2. The summed E-state index contributed by atoms with van der Waals surface area (Å²) in [5.74, 6) is -0.993. The smallest absolute Gasteiger partial charge is 0.255 e. The molecule has 24 heavy (non-hydrogen) atoms. The summed E-state index contributed by atoms with van der Waals surface area (Å²) in [5, 5.41) is 2.61. The van der Waals surface area contributed by atoms with E-state index in [1.165, 1.54) is 12.1 Å². The molecular weight excluding hydrogens is 307 g/mol. The second-order valence-corrected chi connectivity index (χ2v) is 5.86. The van der Waals surface area contributed by atoms with E-state index >= 15 is 0 Å². The van der Waals surface area contributed by atoms with Gasteiger partial charge < -0.3 is 10.2 Å². The number of carbonyl (C=O) groups is 2. The lowest BCUT2D eigenvalue weighted by Crippen LogP contribution is -2.44. The lowest BCUT2D eigenvalue weighted by Gasteiger charge is -2.26. The number of nitrogens with one attached hydrogen (secondary N) is 1. The summed E-state index contributed by atoms with van der Waals surface area (Å²) in [4.78, 5) is 26.8. The number of carbonyl (C=O) groups excluding carboxylic acids is 2. The number of anilines is 1. The van der Waals surface area contributed by atoms with Gasteiger partial charge in [-0.05, 0) is 30.2 Å². The van der Waals surface area contributed by atoms with E-state index in [2.05, 4.69) is 5.32 Å². The van der Waals surface area contributed by atoms with Crippen LogP contribution in [-0.2, 0) is 11.3 Å². The Morgan fingerprint density at radius 3 is 2.62 bits per heavy atom. The van der Waals surface area contributed by atoms with E-state index in [9.17, 15) is 14.0 Å². The minimum absolute atomic E-state index is 0.132. The first-order valence-electron chi connectivity index (χ1n) is 8.06. The van der Waals surface area contributed by atoms with Gasteiger partial charge in [0.15, 0.2) is 0 Å². The summed E-state index contributed by atoms with van der Waals surface area (Å²) in [7, 11) is 0. The van der Waals surface area contributed by atoms with Gasteiger partial charge in [-0.25, -0.2) is 4.39 Å². The molecule has 1 atom stereocenters. The highest BCUT2D eigenvalue weighted by atomic mass is 19.1. The Morgan fingerprint density at radius 1 is 1.21 bits per heavy atom. The van der Waals surface area contributed by atoms with Crippen molar-refractivity contribution in [1.29, 1.82) is 0 Å². The molecule has 0 aliphatic carbocycles. The van der Waals surface area contributed by atoms with Crippen LogP contribution in [0, 0.1) is 5.82 Å². The molecule has 1 heterocycles. The predicted octanol–water partition coefficient (Wildman–Crippen LogP) is 3.59. The molecule has 2 amide bonds. The van der Waals surface area contributed by atoms with Crippen molar-refractivity contribution in [1.82, 2.24) is 4.90 Å². The van der Waals surface area contributed by atoms with Gasteiger partial charge >= 0.3 is 0 Å². The topological polar surface area (TPSA) is 49.4 Å². The lowest BCUT2D eigenvalue weighted by atomic mass is 10.1. The van der Waals surface area contributed by atoms with Crippen LogP contribution in [0.25, 0.3) is 0 Å². The Kier molecular flexibility index (Phi) is 4.60. The predicted molar refractivity (Wildman–Crippen MR) is 90.0 cm³/mol. The summed E-state index contributed by atoms with van der Waals surface area (Å²) in [6.45, 7) is 2.36. The van der Waals surface area contributed by atoms with Gasteiger partial charge in [0.05, 0.1) is 5.69 Å². The summed E-state index contributed by atoms with van der Waals surface area (Å²) in [6, 6.07) is 12.8. The largest absolute Gasteiger partial charge is 0.322 e. The second-order valence-electron chi connectivity index (χ2n) is 5.86. The van der Waals surface area contributed by atoms with Crippen molar-refractivity contribution < 1.29 is 14.0 Å². The van der Waals surface area contributed by atoms with E-state index in [4.69, 9.17) is 0 Å². The van der Waals surface area contributed by atoms with Crippen molar-refractivity contribution in [3.63, 3.8) is 0 Å². The van der Waals surface area contributed by atoms with Crippen LogP contribution in [0.3, 0.4) is 0 Å². The first-order valence-corrected chi connectivity index (χ1v) is 8.06. The number of fused-ring (bicyclic) bond motifs is 1. The van der Waals surface area contributed by atoms with Gasteiger partial charge in [0.25, 0.3) is 5.91 Å². The highest BCUT2D eigenvalue weighted by Crippen LogP contribution is 2.26. The van der Waals surface area contributed by atoms with Gasteiger partial charge in [0.2, 0.25) is 5.91 Å². The van der Waals surface area contributed by atoms with Gasteiger partial charge in [-0.15, -0.1) is 0 Å². The van der Waals surface area contributed by atoms with E-state index in [-0.39, 0.29) is 17.5 Å². The molecule has 124 valence electrons. The number of hydrogen-bond acceptors (Lipinski definition) is 2. The van der Waals surface area contributed by atoms with E-state index in [0.717, 1.165) is 12.0 Å². The maximum atomic E-state index is 13.8. The number of rotatable bonds is 5. The highest BCUT2D eigenvalue weighted by molar-refractivity contribution is 6.03. The van der Waals surface area contributed by atoms with Gasteiger partial charge in [-0.3, -0.25) is 9.59 Å². The lowest BCUT2D eigenvalue weighted by molar-refractivity contribution is -0.120. The molecule has 1 aliphatic heterocycles. The van der Waals surface area contributed by atoms with E-state index in [0.29, 0.717) is 18.5 Å². The van der Waals surface area contributed by atoms with Crippen LogP contribution in [0.15, 0.2) is 48.5 Å². The van der Waals surface area contributed by atoms with Crippen molar-refractivity contribution in [2.75, 3.05) is 5.32 Å². The monoisotopic (exact) mass is 326 g/mol. The molecule has 4 nitrogen and oxygen atoms in total. The van der Waals surface area contributed by atoms with Crippen LogP contribution in [-0.4, -0.2) is 22.8 Å². The maximum absolute atomic E-state index is 13.8. The Bertz CT molecular complexity index is 775. The number of nitrogens with zero attached hydrogens (tertiary/aromatic N) is 1. The van der Waals surface area contributed by atoms with Crippen LogP contribution in [0.1, 0.15) is 35.7 Å². The zero-order valence-electron chi connectivity index (χ0n) is 13.5. The Hall–Kier alpha value is -2.69. The van der Waals surface area contributed by atoms with Crippen molar-refractivity contribution >= 4 is 17.5 Å². The van der Waals surface area contributed by atoms with Gasteiger partial charge in [-0.1, -0.05) is 43.7 Å². The van der Waals surface area contributed by atoms with Crippen molar-refractivity contribution in [2.45, 2.75) is 32.4 Å². The third-order valence-corrected chi connectivity index (χ3v) is 4.22. The molecule has 2 aromatic carbocycles. The van der Waals surface area contributed by atoms with E-state index in [1.54, 1.807) is 23.1 Å². The molecule has 1 unspecified atom stereocenters. The van der Waals surface area contributed by atoms with Gasteiger partial charge in [-0.2, -0.15) is 0 Å². The molecule has 3 rings (SSSR count). The minimum Gasteiger partial charge on any atom is -0.322 e. The first kappa shape index (κ1) is 16.2. The average Bonchev–Trinajstić information content (AvgIpc) is 2.92. The fourth-order valence-electron chi connectivity index (χ4n) is 3.01. The molecule has 1 aliphatic rings. The van der Waals surface area contributed by atoms with Crippen LogP contribution >= 0.6 is 0 Å². The summed E-state index contributed by atoms with van der Waals surface area (Å²) in [6.07, 6.45) is 1.27. The number of halogens is 1. The molecule has 0 bridgehead atoms. The normalized spacial score (nSPS) is 14.4. The molecule has 0 radical (unpaired) electrons. The van der Waals surface area contributed by atoms with Crippen molar-refractivity contribution in [3.8, 4) is 0 Å². The SMILES string of the molecule is CCCC(C(=O)Nc1ccccc1F)N1Cc2ccccc2C1=O. The number of hydrogen-bond donors (Lipinski definition) is 1. The molecule has 0 spiro atoms. The molecule has 1 N–H and O–H groups in total. The fraction of sp³-hybridized carbons (Fsp3) is 0.263. The second kappa shape index (κ2) is 6.83. The average molecular weight is 326 g/mol. The fourth-order valence-corrected chi connectivity index (χ4v) is 3.01. The van der Waals surface area contributed by atoms with E-state index in [1.807, 2.05) is 25.1 Å². The van der Waals surface area contributed by atoms with Crippen LogP contribution < -0.4 is 5.32 Å². The first-order chi connectivity index (χ1) is 11.6. The van der Waals surface area contributed by atoms with Crippen molar-refractivity contribution in [2.24, 2.45) is 0 Å². The summed E-state index contributed by atoms with van der Waals surface area (Å²) in [5.41, 5.74) is 1.69. The molecule has 0 saturated heterocycles. The molecule has 0 aromatic heterocycles. The number of amides is 2. The zero-order valence-corrected chi connectivity index (χ0v) is 13.5. The van der Waals surface area contributed by atoms with E-state index < -0.39 is 11.9 Å². The number of para-hydroxylation sites is 1. The third-order valence-electron chi connectivity index (χ3n) is 4.22. The Balaban J connectivity index is 1.82.